The van der Waals surface area contributed by atoms with Crippen LogP contribution in [0.2, 0.25) is 10.3 Å². The Morgan fingerprint density at radius 3 is 1.72 bits per heavy atom. The molecule has 0 atom stereocenters. The Morgan fingerprint density at radius 2 is 1.33 bits per heavy atom. The van der Waals surface area contributed by atoms with Crippen molar-refractivity contribution in [1.82, 2.24) is 19.3 Å². The van der Waals surface area contributed by atoms with Crippen molar-refractivity contribution in [1.29, 1.82) is 0 Å². The van der Waals surface area contributed by atoms with E-state index < -0.39 is 0 Å². The van der Waals surface area contributed by atoms with Crippen molar-refractivity contribution in [3.05, 3.63) is 32.9 Å². The van der Waals surface area contributed by atoms with E-state index in [0.29, 0.717) is 10.8 Å². The Kier molecular flexibility index (Phi) is 2.36. The van der Waals surface area contributed by atoms with E-state index in [1.807, 2.05) is 0 Å². The molecule has 0 N–H and O–H groups in total. The number of fused-ring (bicyclic) bond motifs is 2. The molecule has 7 heteroatoms. The standard InChI is InChI=1S/C11H8Cl2N4O/c1-16-7-3-5-6(10(13)15-14-9(5)12)4-8(7)17(2)11(16)18/h3-4H,1-2H3. The zero-order valence-electron chi connectivity index (χ0n) is 9.61. The third-order valence-corrected chi connectivity index (χ3v) is 3.64. The molecule has 1 aromatic carbocycles. The topological polar surface area (TPSA) is 52.7 Å². The molecule has 18 heavy (non-hydrogen) atoms. The zero-order valence-corrected chi connectivity index (χ0v) is 11.1. The Morgan fingerprint density at radius 1 is 0.944 bits per heavy atom. The van der Waals surface area contributed by atoms with Crippen molar-refractivity contribution in [2.75, 3.05) is 0 Å². The smallest absolute Gasteiger partial charge is 0.295 e. The van der Waals surface area contributed by atoms with Gasteiger partial charge in [-0.2, -0.15) is 0 Å². The molecule has 0 aliphatic heterocycles. The molecular formula is C11H8Cl2N4O. The number of hydrogen-bond acceptors (Lipinski definition) is 3. The van der Waals surface area contributed by atoms with Gasteiger partial charge in [0, 0.05) is 24.9 Å². The van der Waals surface area contributed by atoms with E-state index in [1.165, 1.54) is 0 Å². The predicted octanol–water partition coefficient (Wildman–Crippen LogP) is 2.13. The van der Waals surface area contributed by atoms with Crippen molar-refractivity contribution >= 4 is 45.0 Å². The van der Waals surface area contributed by atoms with E-state index in [1.54, 1.807) is 35.4 Å². The Labute approximate surface area is 112 Å². The van der Waals surface area contributed by atoms with Crippen LogP contribution in [-0.2, 0) is 14.1 Å². The summed E-state index contributed by atoms with van der Waals surface area (Å²) in [5.41, 5.74) is 1.45. The molecule has 0 aliphatic carbocycles. The van der Waals surface area contributed by atoms with Crippen LogP contribution in [0.5, 0.6) is 0 Å². The van der Waals surface area contributed by atoms with Gasteiger partial charge in [0.05, 0.1) is 11.0 Å². The van der Waals surface area contributed by atoms with Crippen LogP contribution in [0.1, 0.15) is 0 Å². The summed E-state index contributed by atoms with van der Waals surface area (Å²) in [6.45, 7) is 0. The van der Waals surface area contributed by atoms with Crippen molar-refractivity contribution < 1.29 is 0 Å². The lowest BCUT2D eigenvalue weighted by Crippen LogP contribution is -2.19. The molecule has 0 saturated heterocycles. The number of aromatic nitrogens is 4. The maximum atomic E-state index is 11.9. The van der Waals surface area contributed by atoms with Gasteiger partial charge in [-0.15, -0.1) is 10.2 Å². The number of benzene rings is 1. The molecule has 0 amide bonds. The minimum atomic E-state index is -0.103. The molecule has 0 unspecified atom stereocenters. The maximum Gasteiger partial charge on any atom is 0.328 e. The SMILES string of the molecule is Cn1c(=O)n(C)c2cc3c(Cl)nnc(Cl)c3cc21. The van der Waals surface area contributed by atoms with Crippen LogP contribution >= 0.6 is 23.2 Å². The summed E-state index contributed by atoms with van der Waals surface area (Å²) in [6, 6.07) is 3.60. The van der Waals surface area contributed by atoms with Crippen LogP contribution in [0.25, 0.3) is 21.8 Å². The number of nitrogens with zero attached hydrogens (tertiary/aromatic N) is 4. The van der Waals surface area contributed by atoms with Crippen LogP contribution in [0.4, 0.5) is 0 Å². The number of halogens is 2. The highest BCUT2D eigenvalue weighted by molar-refractivity contribution is 6.38. The largest absolute Gasteiger partial charge is 0.328 e. The fourth-order valence-corrected chi connectivity index (χ4v) is 2.47. The fraction of sp³-hybridized carbons (Fsp3) is 0.182. The normalized spacial score (nSPS) is 11.6. The average Bonchev–Trinajstić information content (AvgIpc) is 2.58. The van der Waals surface area contributed by atoms with Gasteiger partial charge in [0.1, 0.15) is 0 Å². The Balaban J connectivity index is 2.64. The first-order chi connectivity index (χ1) is 8.50. The van der Waals surface area contributed by atoms with Crippen LogP contribution in [-0.4, -0.2) is 19.3 Å². The molecule has 0 fully saturated rings. The first-order valence-electron chi connectivity index (χ1n) is 5.17. The van der Waals surface area contributed by atoms with Gasteiger partial charge in [-0.1, -0.05) is 23.2 Å². The van der Waals surface area contributed by atoms with Crippen molar-refractivity contribution in [2.45, 2.75) is 0 Å². The molecule has 2 aromatic heterocycles. The van der Waals surface area contributed by atoms with Gasteiger partial charge in [0.25, 0.3) is 0 Å². The number of imidazole rings is 1. The summed E-state index contributed by atoms with van der Waals surface area (Å²) in [5.74, 6) is 0. The lowest BCUT2D eigenvalue weighted by molar-refractivity contribution is 0.795. The predicted molar refractivity (Wildman–Crippen MR) is 71.3 cm³/mol. The highest BCUT2D eigenvalue weighted by Gasteiger charge is 2.13. The van der Waals surface area contributed by atoms with Gasteiger partial charge in [-0.3, -0.25) is 9.13 Å². The van der Waals surface area contributed by atoms with Crippen molar-refractivity contribution in [2.24, 2.45) is 14.1 Å². The maximum absolute atomic E-state index is 11.9. The van der Waals surface area contributed by atoms with E-state index >= 15 is 0 Å². The van der Waals surface area contributed by atoms with E-state index in [-0.39, 0.29) is 16.0 Å². The Hall–Kier alpha value is -1.59. The van der Waals surface area contributed by atoms with Crippen LogP contribution in [0, 0.1) is 0 Å². The van der Waals surface area contributed by atoms with Gasteiger partial charge in [-0.25, -0.2) is 4.79 Å². The van der Waals surface area contributed by atoms with Crippen LogP contribution in [0.3, 0.4) is 0 Å². The number of hydrogen-bond donors (Lipinski definition) is 0. The second-order valence-electron chi connectivity index (χ2n) is 4.07. The molecule has 2 heterocycles. The summed E-state index contributed by atoms with van der Waals surface area (Å²) in [5, 5.41) is 9.44. The third kappa shape index (κ3) is 1.38. The molecule has 3 aromatic rings. The molecule has 0 saturated carbocycles. The average molecular weight is 283 g/mol. The molecule has 92 valence electrons. The van der Waals surface area contributed by atoms with E-state index in [2.05, 4.69) is 10.2 Å². The summed E-state index contributed by atoms with van der Waals surface area (Å²) in [4.78, 5) is 11.9. The molecule has 5 nitrogen and oxygen atoms in total. The highest BCUT2D eigenvalue weighted by Crippen LogP contribution is 2.29. The quantitative estimate of drug-likeness (QED) is 0.635. The summed E-state index contributed by atoms with van der Waals surface area (Å²) < 4.78 is 3.11. The lowest BCUT2D eigenvalue weighted by atomic mass is 10.2. The number of aryl methyl sites for hydroxylation is 2. The molecule has 0 spiro atoms. The summed E-state index contributed by atoms with van der Waals surface area (Å²) in [6.07, 6.45) is 0. The van der Waals surface area contributed by atoms with Gasteiger partial charge in [0.2, 0.25) is 0 Å². The molecule has 3 rings (SSSR count). The third-order valence-electron chi connectivity index (χ3n) is 3.08. The molecule has 0 aliphatic rings. The number of rotatable bonds is 0. The molecular weight excluding hydrogens is 275 g/mol. The van der Waals surface area contributed by atoms with Gasteiger partial charge < -0.3 is 0 Å². The first-order valence-corrected chi connectivity index (χ1v) is 5.93. The first kappa shape index (κ1) is 11.5. The second-order valence-corrected chi connectivity index (χ2v) is 4.78. The van der Waals surface area contributed by atoms with E-state index in [9.17, 15) is 4.79 Å². The minimum absolute atomic E-state index is 0.103. The van der Waals surface area contributed by atoms with E-state index in [4.69, 9.17) is 23.2 Å². The fourth-order valence-electron chi connectivity index (χ4n) is 2.08. The second kappa shape index (κ2) is 3.70. The summed E-state index contributed by atoms with van der Waals surface area (Å²) >= 11 is 12.0. The molecule has 0 radical (unpaired) electrons. The zero-order chi connectivity index (χ0) is 13.0. The van der Waals surface area contributed by atoms with Crippen LogP contribution < -0.4 is 5.69 Å². The summed E-state index contributed by atoms with van der Waals surface area (Å²) in [7, 11) is 3.42. The van der Waals surface area contributed by atoms with Gasteiger partial charge in [0.15, 0.2) is 10.3 Å². The van der Waals surface area contributed by atoms with Gasteiger partial charge in [-0.05, 0) is 12.1 Å². The Bertz CT molecular complexity index is 782. The molecule has 0 bridgehead atoms. The van der Waals surface area contributed by atoms with E-state index in [0.717, 1.165) is 11.0 Å². The van der Waals surface area contributed by atoms with Crippen LogP contribution in [0.15, 0.2) is 16.9 Å². The van der Waals surface area contributed by atoms with Gasteiger partial charge >= 0.3 is 5.69 Å². The van der Waals surface area contributed by atoms with Crippen molar-refractivity contribution in [3.8, 4) is 0 Å². The minimum Gasteiger partial charge on any atom is -0.295 e. The monoisotopic (exact) mass is 282 g/mol. The lowest BCUT2D eigenvalue weighted by Gasteiger charge is -2.02. The van der Waals surface area contributed by atoms with Crippen molar-refractivity contribution in [3.63, 3.8) is 0 Å². The highest BCUT2D eigenvalue weighted by atomic mass is 35.5.